The van der Waals surface area contributed by atoms with E-state index >= 15 is 0 Å². The summed E-state index contributed by atoms with van der Waals surface area (Å²) in [5.74, 6) is -0.657. The Labute approximate surface area is 129 Å². The fourth-order valence-corrected chi connectivity index (χ4v) is 2.38. The standard InChI is InChI=1S/C14H15F3N2O4/c1-4-9(5-8(2)3)13-11(18(20)21)6-10(14(15,16)17)7-12(13)19(22)23/h6-7,9H,2,4-5H2,1,3H3. The molecule has 0 heterocycles. The molecule has 1 atom stereocenters. The molecule has 0 aromatic heterocycles. The van der Waals surface area contributed by atoms with Crippen LogP contribution in [0.25, 0.3) is 0 Å². The highest BCUT2D eigenvalue weighted by Crippen LogP contribution is 2.43. The fourth-order valence-electron chi connectivity index (χ4n) is 2.38. The van der Waals surface area contributed by atoms with Crippen LogP contribution in [-0.4, -0.2) is 9.85 Å². The van der Waals surface area contributed by atoms with Crippen molar-refractivity contribution in [3.8, 4) is 0 Å². The van der Waals surface area contributed by atoms with E-state index in [-0.39, 0.29) is 12.0 Å². The molecule has 0 aliphatic heterocycles. The minimum Gasteiger partial charge on any atom is -0.258 e. The monoisotopic (exact) mass is 332 g/mol. The van der Waals surface area contributed by atoms with Gasteiger partial charge in [-0.05, 0) is 19.8 Å². The highest BCUT2D eigenvalue weighted by Gasteiger charge is 2.39. The number of alkyl halides is 3. The number of allylic oxidation sites excluding steroid dienone is 1. The van der Waals surface area contributed by atoms with Gasteiger partial charge in [-0.1, -0.05) is 12.5 Å². The number of nitrogens with zero attached hydrogens (tertiary/aromatic N) is 2. The highest BCUT2D eigenvalue weighted by molar-refractivity contribution is 5.59. The molecule has 0 saturated heterocycles. The third-order valence-electron chi connectivity index (χ3n) is 3.35. The van der Waals surface area contributed by atoms with Crippen molar-refractivity contribution >= 4 is 11.4 Å². The minimum atomic E-state index is -4.91. The molecule has 1 aromatic rings. The average Bonchev–Trinajstić information content (AvgIpc) is 2.41. The Morgan fingerprint density at radius 2 is 1.65 bits per heavy atom. The van der Waals surface area contributed by atoms with Crippen molar-refractivity contribution in [2.24, 2.45) is 0 Å². The van der Waals surface area contributed by atoms with E-state index in [2.05, 4.69) is 6.58 Å². The van der Waals surface area contributed by atoms with Gasteiger partial charge in [0, 0.05) is 18.1 Å². The molecule has 0 saturated carbocycles. The molecular formula is C14H15F3N2O4. The van der Waals surface area contributed by atoms with Gasteiger partial charge in [0.05, 0.1) is 15.4 Å². The zero-order valence-corrected chi connectivity index (χ0v) is 12.5. The highest BCUT2D eigenvalue weighted by atomic mass is 19.4. The predicted molar refractivity (Wildman–Crippen MR) is 77.2 cm³/mol. The van der Waals surface area contributed by atoms with Crippen molar-refractivity contribution in [3.63, 3.8) is 0 Å². The van der Waals surface area contributed by atoms with Crippen LogP contribution in [0.4, 0.5) is 24.5 Å². The maximum Gasteiger partial charge on any atom is 0.416 e. The van der Waals surface area contributed by atoms with E-state index in [1.54, 1.807) is 13.8 Å². The van der Waals surface area contributed by atoms with Crippen molar-refractivity contribution in [1.82, 2.24) is 0 Å². The number of hydrogen-bond donors (Lipinski definition) is 0. The van der Waals surface area contributed by atoms with Crippen LogP contribution in [0.15, 0.2) is 24.3 Å². The zero-order chi connectivity index (χ0) is 17.9. The Kier molecular flexibility index (Phi) is 5.46. The molecule has 1 aromatic carbocycles. The van der Waals surface area contributed by atoms with Crippen LogP contribution >= 0.6 is 0 Å². The van der Waals surface area contributed by atoms with Gasteiger partial charge in [-0.2, -0.15) is 13.2 Å². The number of rotatable bonds is 6. The summed E-state index contributed by atoms with van der Waals surface area (Å²) < 4.78 is 38.5. The lowest BCUT2D eigenvalue weighted by molar-refractivity contribution is -0.396. The topological polar surface area (TPSA) is 86.3 Å². The van der Waals surface area contributed by atoms with Gasteiger partial charge in [0.15, 0.2) is 0 Å². The van der Waals surface area contributed by atoms with Crippen LogP contribution in [0.2, 0.25) is 0 Å². The molecule has 1 rings (SSSR count). The van der Waals surface area contributed by atoms with E-state index in [0.29, 0.717) is 24.1 Å². The molecule has 0 bridgehead atoms. The van der Waals surface area contributed by atoms with Crippen molar-refractivity contribution in [2.75, 3.05) is 0 Å². The average molecular weight is 332 g/mol. The second-order valence-electron chi connectivity index (χ2n) is 5.21. The van der Waals surface area contributed by atoms with Gasteiger partial charge in [0.25, 0.3) is 11.4 Å². The first-order valence-electron chi connectivity index (χ1n) is 6.67. The molecular weight excluding hydrogens is 317 g/mol. The molecule has 9 heteroatoms. The summed E-state index contributed by atoms with van der Waals surface area (Å²) >= 11 is 0. The molecule has 23 heavy (non-hydrogen) atoms. The summed E-state index contributed by atoms with van der Waals surface area (Å²) in [7, 11) is 0. The van der Waals surface area contributed by atoms with E-state index < -0.39 is 38.9 Å². The Bertz CT molecular complexity index is 621. The first kappa shape index (κ1) is 18.6. The van der Waals surface area contributed by atoms with Gasteiger partial charge < -0.3 is 0 Å². The minimum absolute atomic E-state index is 0.212. The lowest BCUT2D eigenvalue weighted by Gasteiger charge is -2.17. The second-order valence-corrected chi connectivity index (χ2v) is 5.21. The largest absolute Gasteiger partial charge is 0.416 e. The molecule has 0 aliphatic carbocycles. The zero-order valence-electron chi connectivity index (χ0n) is 12.5. The van der Waals surface area contributed by atoms with Crippen LogP contribution in [-0.2, 0) is 6.18 Å². The normalized spacial score (nSPS) is 12.7. The number of nitro benzene ring substituents is 2. The van der Waals surface area contributed by atoms with Gasteiger partial charge in [-0.15, -0.1) is 6.58 Å². The van der Waals surface area contributed by atoms with Gasteiger partial charge >= 0.3 is 6.18 Å². The first-order valence-corrected chi connectivity index (χ1v) is 6.67. The molecule has 126 valence electrons. The van der Waals surface area contributed by atoms with Crippen LogP contribution in [0, 0.1) is 20.2 Å². The second kappa shape index (κ2) is 6.76. The molecule has 0 aliphatic rings. The van der Waals surface area contributed by atoms with E-state index in [1.165, 1.54) is 0 Å². The van der Waals surface area contributed by atoms with Gasteiger partial charge in [0.1, 0.15) is 5.56 Å². The smallest absolute Gasteiger partial charge is 0.258 e. The van der Waals surface area contributed by atoms with Crippen LogP contribution in [0.3, 0.4) is 0 Å². The number of halogens is 3. The van der Waals surface area contributed by atoms with Crippen LogP contribution < -0.4 is 0 Å². The summed E-state index contributed by atoms with van der Waals surface area (Å²) in [5.41, 5.74) is -2.86. The molecule has 0 N–H and O–H groups in total. The maximum absolute atomic E-state index is 12.8. The fraction of sp³-hybridized carbons (Fsp3) is 0.429. The van der Waals surface area contributed by atoms with Crippen molar-refractivity contribution in [3.05, 3.63) is 55.6 Å². The molecule has 0 fully saturated rings. The SMILES string of the molecule is C=C(C)CC(CC)c1c([N+](=O)[O-])cc(C(F)(F)F)cc1[N+](=O)[O-]. The molecule has 1 unspecified atom stereocenters. The summed E-state index contributed by atoms with van der Waals surface area (Å²) in [4.78, 5) is 20.3. The summed E-state index contributed by atoms with van der Waals surface area (Å²) in [6.45, 7) is 6.95. The van der Waals surface area contributed by atoms with Crippen molar-refractivity contribution in [2.45, 2.75) is 38.8 Å². The Balaban J connectivity index is 3.74. The third kappa shape index (κ3) is 4.27. The molecule has 0 amide bonds. The molecule has 0 radical (unpaired) electrons. The van der Waals surface area contributed by atoms with Crippen molar-refractivity contribution in [1.29, 1.82) is 0 Å². The summed E-state index contributed by atoms with van der Waals surface area (Å²) in [6.07, 6.45) is -4.41. The van der Waals surface area contributed by atoms with Crippen LogP contribution in [0.5, 0.6) is 0 Å². The Morgan fingerprint density at radius 3 is 1.91 bits per heavy atom. The van der Waals surface area contributed by atoms with Gasteiger partial charge in [-0.3, -0.25) is 20.2 Å². The number of hydrogen-bond acceptors (Lipinski definition) is 4. The Morgan fingerprint density at radius 1 is 1.22 bits per heavy atom. The first-order chi connectivity index (χ1) is 10.5. The lowest BCUT2D eigenvalue weighted by atomic mass is 9.87. The van der Waals surface area contributed by atoms with E-state index in [0.717, 1.165) is 0 Å². The molecule has 6 nitrogen and oxygen atoms in total. The third-order valence-corrected chi connectivity index (χ3v) is 3.35. The van der Waals surface area contributed by atoms with E-state index in [9.17, 15) is 33.4 Å². The van der Waals surface area contributed by atoms with Crippen LogP contribution in [0.1, 0.15) is 43.7 Å². The summed E-state index contributed by atoms with van der Waals surface area (Å²) in [6, 6.07) is 0.701. The van der Waals surface area contributed by atoms with Gasteiger partial charge in [-0.25, -0.2) is 0 Å². The van der Waals surface area contributed by atoms with E-state index in [4.69, 9.17) is 0 Å². The van der Waals surface area contributed by atoms with Crippen molar-refractivity contribution < 1.29 is 23.0 Å². The number of nitro groups is 2. The molecule has 0 spiro atoms. The quantitative estimate of drug-likeness (QED) is 0.417. The van der Waals surface area contributed by atoms with E-state index in [1.807, 2.05) is 0 Å². The van der Waals surface area contributed by atoms with Gasteiger partial charge in [0.2, 0.25) is 0 Å². The summed E-state index contributed by atoms with van der Waals surface area (Å²) in [5, 5.41) is 22.4. The Hall–Kier alpha value is -2.45. The lowest BCUT2D eigenvalue weighted by Crippen LogP contribution is -2.12. The number of benzene rings is 1. The predicted octanol–water partition coefficient (Wildman–Crippen LogP) is 4.98. The maximum atomic E-state index is 12.8.